The minimum absolute atomic E-state index is 0.0958. The third kappa shape index (κ3) is 3.92. The monoisotopic (exact) mass is 391 g/mol. The number of rotatable bonds is 6. The van der Waals surface area contributed by atoms with Gasteiger partial charge < -0.3 is 20.1 Å². The zero-order valence-corrected chi connectivity index (χ0v) is 17.2. The molecule has 1 aliphatic heterocycles. The molecular formula is C23H29N5O. The number of pyridine rings is 1. The maximum atomic E-state index is 13.1. The summed E-state index contributed by atoms with van der Waals surface area (Å²) in [7, 11) is 0. The number of H-pyrrole nitrogens is 1. The van der Waals surface area contributed by atoms with E-state index in [1.54, 1.807) is 0 Å². The van der Waals surface area contributed by atoms with Crippen LogP contribution in [0, 0.1) is 0 Å². The van der Waals surface area contributed by atoms with Crippen molar-refractivity contribution in [1.82, 2.24) is 14.9 Å². The van der Waals surface area contributed by atoms with Gasteiger partial charge in [0.1, 0.15) is 0 Å². The average Bonchev–Trinajstić information content (AvgIpc) is 3.21. The zero-order valence-electron chi connectivity index (χ0n) is 17.2. The number of benzene rings is 1. The highest BCUT2D eigenvalue weighted by Crippen LogP contribution is 2.26. The van der Waals surface area contributed by atoms with Gasteiger partial charge in [-0.2, -0.15) is 0 Å². The number of fused-ring (bicyclic) bond motifs is 1. The Morgan fingerprint density at radius 2 is 1.86 bits per heavy atom. The van der Waals surface area contributed by atoms with Crippen LogP contribution >= 0.6 is 0 Å². The first-order valence-electron chi connectivity index (χ1n) is 10.5. The Labute approximate surface area is 171 Å². The van der Waals surface area contributed by atoms with Crippen LogP contribution in [0.25, 0.3) is 10.9 Å². The van der Waals surface area contributed by atoms with Gasteiger partial charge in [0.15, 0.2) is 5.82 Å². The summed E-state index contributed by atoms with van der Waals surface area (Å²) in [5, 5.41) is 4.62. The fraction of sp³-hybridized carbons (Fsp3) is 0.391. The number of nitrogens with zero attached hydrogens (tertiary/aromatic N) is 3. The van der Waals surface area contributed by atoms with Crippen molar-refractivity contribution in [3.05, 3.63) is 54.4 Å². The summed E-state index contributed by atoms with van der Waals surface area (Å²) in [4.78, 5) is 25.1. The topological polar surface area (TPSA) is 64.3 Å². The SMILES string of the molecule is CCC(CC)Nc1cccnc1N1CCN(C(=O)c2c[nH]c3ccccc23)CC1. The number of aromatic amines is 1. The Kier molecular flexibility index (Phi) is 5.69. The lowest BCUT2D eigenvalue weighted by molar-refractivity contribution is 0.0748. The van der Waals surface area contributed by atoms with Crippen LogP contribution in [-0.2, 0) is 0 Å². The van der Waals surface area contributed by atoms with Gasteiger partial charge in [0.2, 0.25) is 0 Å². The van der Waals surface area contributed by atoms with Crippen molar-refractivity contribution in [2.45, 2.75) is 32.7 Å². The standard InChI is InChI=1S/C23H29N5O/c1-3-17(4-2)26-21-10-7-11-24-22(21)27-12-14-28(15-13-27)23(29)19-16-25-20-9-6-5-8-18(19)20/h5-11,16-17,25-26H,3-4,12-15H2,1-2H3. The maximum absolute atomic E-state index is 13.1. The van der Waals surface area contributed by atoms with Gasteiger partial charge in [-0.3, -0.25) is 4.79 Å². The third-order valence-electron chi connectivity index (χ3n) is 5.82. The van der Waals surface area contributed by atoms with Gasteiger partial charge in [0.25, 0.3) is 5.91 Å². The van der Waals surface area contributed by atoms with Gasteiger partial charge in [-0.05, 0) is 31.0 Å². The highest BCUT2D eigenvalue weighted by molar-refractivity contribution is 6.06. The Hall–Kier alpha value is -3.02. The van der Waals surface area contributed by atoms with Crippen LogP contribution in [0.5, 0.6) is 0 Å². The number of carbonyl (C=O) groups is 1. The summed E-state index contributed by atoms with van der Waals surface area (Å²) in [5.41, 5.74) is 2.83. The predicted molar refractivity (Wildman–Crippen MR) is 119 cm³/mol. The Balaban J connectivity index is 1.45. The molecular weight excluding hydrogens is 362 g/mol. The summed E-state index contributed by atoms with van der Waals surface area (Å²) in [6.07, 6.45) is 5.84. The number of aromatic nitrogens is 2. The molecule has 1 aromatic carbocycles. The molecule has 1 saturated heterocycles. The lowest BCUT2D eigenvalue weighted by atomic mass is 10.1. The second-order valence-electron chi connectivity index (χ2n) is 7.56. The highest BCUT2D eigenvalue weighted by atomic mass is 16.2. The molecule has 6 heteroatoms. The largest absolute Gasteiger partial charge is 0.379 e. The molecule has 3 heterocycles. The summed E-state index contributed by atoms with van der Waals surface area (Å²) < 4.78 is 0. The van der Waals surface area contributed by atoms with E-state index in [0.717, 1.165) is 53.9 Å². The van der Waals surface area contributed by atoms with Crippen LogP contribution in [0.15, 0.2) is 48.8 Å². The molecule has 2 N–H and O–H groups in total. The average molecular weight is 392 g/mol. The first kappa shape index (κ1) is 19.3. The summed E-state index contributed by atoms with van der Waals surface area (Å²) >= 11 is 0. The van der Waals surface area contributed by atoms with Gasteiger partial charge in [-0.1, -0.05) is 32.0 Å². The molecule has 0 atom stereocenters. The number of anilines is 2. The molecule has 2 aromatic heterocycles. The predicted octanol–water partition coefficient (Wildman–Crippen LogP) is 4.13. The first-order valence-corrected chi connectivity index (χ1v) is 10.5. The van der Waals surface area contributed by atoms with Gasteiger partial charge in [-0.25, -0.2) is 4.98 Å². The molecule has 1 aliphatic rings. The first-order chi connectivity index (χ1) is 14.2. The van der Waals surface area contributed by atoms with Crippen LogP contribution in [-0.4, -0.2) is 53.0 Å². The Morgan fingerprint density at radius 3 is 2.62 bits per heavy atom. The van der Waals surface area contributed by atoms with Gasteiger partial charge in [0, 0.05) is 55.5 Å². The number of amides is 1. The lowest BCUT2D eigenvalue weighted by Gasteiger charge is -2.36. The molecule has 0 bridgehead atoms. The van der Waals surface area contributed by atoms with Crippen molar-refractivity contribution in [3.63, 3.8) is 0 Å². The molecule has 1 amide bonds. The zero-order chi connectivity index (χ0) is 20.2. The van der Waals surface area contributed by atoms with Crippen molar-refractivity contribution >= 4 is 28.3 Å². The minimum atomic E-state index is 0.0958. The summed E-state index contributed by atoms with van der Waals surface area (Å²) in [5.74, 6) is 1.08. The quantitative estimate of drug-likeness (QED) is 0.663. The number of hydrogen-bond donors (Lipinski definition) is 2. The molecule has 1 fully saturated rings. The van der Waals surface area contributed by atoms with E-state index in [1.165, 1.54) is 0 Å². The molecule has 3 aromatic rings. The molecule has 0 unspecified atom stereocenters. The smallest absolute Gasteiger partial charge is 0.256 e. The van der Waals surface area contributed by atoms with Crippen molar-refractivity contribution < 1.29 is 4.79 Å². The van der Waals surface area contributed by atoms with Crippen LogP contribution in [0.4, 0.5) is 11.5 Å². The molecule has 0 radical (unpaired) electrons. The van der Waals surface area contributed by atoms with E-state index >= 15 is 0 Å². The van der Waals surface area contributed by atoms with E-state index < -0.39 is 0 Å². The number of carbonyl (C=O) groups excluding carboxylic acids is 1. The normalized spacial score (nSPS) is 14.6. The second-order valence-corrected chi connectivity index (χ2v) is 7.56. The minimum Gasteiger partial charge on any atom is -0.379 e. The van der Waals surface area contributed by atoms with Crippen LogP contribution in [0.2, 0.25) is 0 Å². The Morgan fingerprint density at radius 1 is 1.10 bits per heavy atom. The summed E-state index contributed by atoms with van der Waals surface area (Å²) in [6, 6.07) is 12.5. The lowest BCUT2D eigenvalue weighted by Crippen LogP contribution is -2.49. The van der Waals surface area contributed by atoms with Crippen molar-refractivity contribution in [2.75, 3.05) is 36.4 Å². The van der Waals surface area contributed by atoms with Crippen molar-refractivity contribution in [3.8, 4) is 0 Å². The Bertz CT molecular complexity index is 970. The van der Waals surface area contributed by atoms with Crippen LogP contribution < -0.4 is 10.2 Å². The van der Waals surface area contributed by atoms with E-state index in [4.69, 9.17) is 0 Å². The molecule has 152 valence electrons. The third-order valence-corrected chi connectivity index (χ3v) is 5.82. The van der Waals surface area contributed by atoms with E-state index in [9.17, 15) is 4.79 Å². The number of para-hydroxylation sites is 1. The van der Waals surface area contributed by atoms with Gasteiger partial charge in [0.05, 0.1) is 11.3 Å². The molecule has 6 nitrogen and oxygen atoms in total. The fourth-order valence-corrected chi connectivity index (χ4v) is 4.01. The molecule has 4 rings (SSSR count). The molecule has 0 aliphatic carbocycles. The molecule has 29 heavy (non-hydrogen) atoms. The van der Waals surface area contributed by atoms with Crippen molar-refractivity contribution in [2.24, 2.45) is 0 Å². The summed E-state index contributed by atoms with van der Waals surface area (Å²) in [6.45, 7) is 7.35. The number of piperazine rings is 1. The van der Waals surface area contributed by atoms with E-state index in [-0.39, 0.29) is 5.91 Å². The fourth-order valence-electron chi connectivity index (χ4n) is 4.01. The highest BCUT2D eigenvalue weighted by Gasteiger charge is 2.25. The van der Waals surface area contributed by atoms with Crippen LogP contribution in [0.3, 0.4) is 0 Å². The van der Waals surface area contributed by atoms with Crippen LogP contribution in [0.1, 0.15) is 37.0 Å². The van der Waals surface area contributed by atoms with E-state index in [2.05, 4.69) is 40.1 Å². The number of hydrogen-bond acceptors (Lipinski definition) is 4. The molecule has 0 saturated carbocycles. The van der Waals surface area contributed by atoms with E-state index in [0.29, 0.717) is 19.1 Å². The second kappa shape index (κ2) is 8.55. The maximum Gasteiger partial charge on any atom is 0.256 e. The van der Waals surface area contributed by atoms with Crippen molar-refractivity contribution in [1.29, 1.82) is 0 Å². The molecule has 0 spiro atoms. The van der Waals surface area contributed by atoms with E-state index in [1.807, 2.05) is 47.6 Å². The van der Waals surface area contributed by atoms with Gasteiger partial charge in [-0.15, -0.1) is 0 Å². The van der Waals surface area contributed by atoms with Gasteiger partial charge >= 0.3 is 0 Å². The number of nitrogens with one attached hydrogen (secondary N) is 2.